The van der Waals surface area contributed by atoms with Crippen molar-refractivity contribution in [1.29, 1.82) is 0 Å². The van der Waals surface area contributed by atoms with Gasteiger partial charge in [0.2, 0.25) is 0 Å². The van der Waals surface area contributed by atoms with E-state index in [4.69, 9.17) is 5.11 Å². The van der Waals surface area contributed by atoms with Gasteiger partial charge in [-0.05, 0) is 18.6 Å². The molecule has 0 radical (unpaired) electrons. The average Bonchev–Trinajstić information content (AvgIpc) is 2.70. The first-order chi connectivity index (χ1) is 8.06. The van der Waals surface area contributed by atoms with Gasteiger partial charge in [-0.1, -0.05) is 19.8 Å². The molecule has 1 heterocycles. The molecule has 0 saturated heterocycles. The summed E-state index contributed by atoms with van der Waals surface area (Å²) < 4.78 is 1.66. The highest BCUT2D eigenvalue weighted by molar-refractivity contribution is 5.95. The molecule has 17 heavy (non-hydrogen) atoms. The Kier molecular flexibility index (Phi) is 4.75. The van der Waals surface area contributed by atoms with Crippen molar-refractivity contribution in [3.05, 3.63) is 24.0 Å². The van der Waals surface area contributed by atoms with E-state index in [9.17, 15) is 9.59 Å². The second-order valence-electron chi connectivity index (χ2n) is 4.01. The molecule has 0 aliphatic heterocycles. The van der Waals surface area contributed by atoms with E-state index < -0.39 is 12.0 Å². The monoisotopic (exact) mass is 238 g/mol. The number of aliphatic carboxylic acids is 1. The number of carbonyl (C=O) groups is 2. The Morgan fingerprint density at radius 1 is 1.53 bits per heavy atom. The Labute approximate surface area is 100 Å². The standard InChI is InChI=1S/C12H18N2O3/c1-3-4-6-9(12(16)17)13-11(15)10-7-5-8-14(10)2/h5,7-9H,3-4,6H2,1-2H3,(H,13,15)(H,16,17)/t9-/m0/s1. The number of amides is 1. The van der Waals surface area contributed by atoms with Crippen LogP contribution in [-0.4, -0.2) is 27.6 Å². The molecule has 0 aromatic carbocycles. The van der Waals surface area contributed by atoms with E-state index in [0.717, 1.165) is 12.8 Å². The van der Waals surface area contributed by atoms with E-state index >= 15 is 0 Å². The van der Waals surface area contributed by atoms with Crippen LogP contribution in [0.4, 0.5) is 0 Å². The maximum Gasteiger partial charge on any atom is 0.326 e. The van der Waals surface area contributed by atoms with Gasteiger partial charge in [0.15, 0.2) is 0 Å². The summed E-state index contributed by atoms with van der Waals surface area (Å²) in [6, 6.07) is 2.60. The fourth-order valence-corrected chi connectivity index (χ4v) is 1.59. The Bertz CT molecular complexity index is 398. The Morgan fingerprint density at radius 3 is 2.71 bits per heavy atom. The van der Waals surface area contributed by atoms with Gasteiger partial charge >= 0.3 is 5.97 Å². The second kappa shape index (κ2) is 6.08. The van der Waals surface area contributed by atoms with Gasteiger partial charge in [-0.3, -0.25) is 4.79 Å². The topological polar surface area (TPSA) is 71.3 Å². The van der Waals surface area contributed by atoms with Crippen LogP contribution in [-0.2, 0) is 11.8 Å². The molecule has 0 aliphatic rings. The smallest absolute Gasteiger partial charge is 0.326 e. The quantitative estimate of drug-likeness (QED) is 0.786. The number of rotatable bonds is 6. The van der Waals surface area contributed by atoms with Crippen molar-refractivity contribution < 1.29 is 14.7 Å². The third-order valence-corrected chi connectivity index (χ3v) is 2.63. The molecule has 1 aromatic rings. The van der Waals surface area contributed by atoms with Crippen molar-refractivity contribution in [2.24, 2.45) is 7.05 Å². The number of hydrogen-bond acceptors (Lipinski definition) is 2. The number of carboxylic acid groups (broad SMARTS) is 1. The van der Waals surface area contributed by atoms with Gasteiger partial charge in [-0.15, -0.1) is 0 Å². The van der Waals surface area contributed by atoms with E-state index in [-0.39, 0.29) is 5.91 Å². The number of nitrogens with one attached hydrogen (secondary N) is 1. The van der Waals surface area contributed by atoms with E-state index in [1.807, 2.05) is 6.92 Å². The van der Waals surface area contributed by atoms with Crippen LogP contribution < -0.4 is 5.32 Å². The van der Waals surface area contributed by atoms with E-state index in [1.165, 1.54) is 0 Å². The second-order valence-corrected chi connectivity index (χ2v) is 4.01. The minimum Gasteiger partial charge on any atom is -0.480 e. The fourth-order valence-electron chi connectivity index (χ4n) is 1.59. The van der Waals surface area contributed by atoms with Crippen LogP contribution in [0.15, 0.2) is 18.3 Å². The van der Waals surface area contributed by atoms with Crippen LogP contribution in [0.2, 0.25) is 0 Å². The Balaban J connectivity index is 2.64. The van der Waals surface area contributed by atoms with E-state index in [1.54, 1.807) is 29.9 Å². The normalized spacial score (nSPS) is 12.1. The van der Waals surface area contributed by atoms with Gasteiger partial charge in [0.25, 0.3) is 5.91 Å². The average molecular weight is 238 g/mol. The molecule has 0 aliphatic carbocycles. The van der Waals surface area contributed by atoms with Gasteiger partial charge < -0.3 is 15.0 Å². The van der Waals surface area contributed by atoms with E-state index in [0.29, 0.717) is 12.1 Å². The van der Waals surface area contributed by atoms with Crippen LogP contribution in [0, 0.1) is 0 Å². The minimum absolute atomic E-state index is 0.346. The zero-order chi connectivity index (χ0) is 12.8. The SMILES string of the molecule is CCCC[C@H](NC(=O)c1cccn1C)C(=O)O. The summed E-state index contributed by atoms with van der Waals surface area (Å²) in [6.45, 7) is 1.98. The number of unbranched alkanes of at least 4 members (excludes halogenated alkanes) is 1. The van der Waals surface area contributed by atoms with Crippen molar-refractivity contribution >= 4 is 11.9 Å². The molecule has 1 amide bonds. The van der Waals surface area contributed by atoms with Crippen molar-refractivity contribution in [2.75, 3.05) is 0 Å². The van der Waals surface area contributed by atoms with Crippen LogP contribution >= 0.6 is 0 Å². The third kappa shape index (κ3) is 3.62. The largest absolute Gasteiger partial charge is 0.480 e. The van der Waals surface area contributed by atoms with Gasteiger partial charge in [0.1, 0.15) is 11.7 Å². The highest BCUT2D eigenvalue weighted by Crippen LogP contribution is 2.04. The molecule has 94 valence electrons. The Hall–Kier alpha value is -1.78. The molecule has 0 unspecified atom stereocenters. The number of carbonyl (C=O) groups excluding carboxylic acids is 1. The molecule has 1 aromatic heterocycles. The van der Waals surface area contributed by atoms with Gasteiger partial charge in [0.05, 0.1) is 0 Å². The van der Waals surface area contributed by atoms with Gasteiger partial charge in [-0.25, -0.2) is 4.79 Å². The third-order valence-electron chi connectivity index (χ3n) is 2.63. The molecule has 2 N–H and O–H groups in total. The van der Waals surface area contributed by atoms with Crippen LogP contribution in [0.1, 0.15) is 36.7 Å². The molecule has 1 atom stereocenters. The van der Waals surface area contributed by atoms with Crippen molar-refractivity contribution in [2.45, 2.75) is 32.2 Å². The van der Waals surface area contributed by atoms with E-state index in [2.05, 4.69) is 5.32 Å². The molecule has 0 fully saturated rings. The summed E-state index contributed by atoms with van der Waals surface area (Å²) in [5.74, 6) is -1.33. The zero-order valence-corrected chi connectivity index (χ0v) is 10.1. The molecule has 5 heteroatoms. The number of carboxylic acids is 1. The molecular weight excluding hydrogens is 220 g/mol. The van der Waals surface area contributed by atoms with Crippen molar-refractivity contribution in [3.8, 4) is 0 Å². The van der Waals surface area contributed by atoms with Crippen molar-refractivity contribution in [3.63, 3.8) is 0 Å². The lowest BCUT2D eigenvalue weighted by Crippen LogP contribution is -2.41. The maximum absolute atomic E-state index is 11.8. The van der Waals surface area contributed by atoms with Crippen LogP contribution in [0.25, 0.3) is 0 Å². The first kappa shape index (κ1) is 13.3. The molecule has 0 spiro atoms. The molecule has 0 bridgehead atoms. The van der Waals surface area contributed by atoms with Gasteiger partial charge in [0, 0.05) is 13.2 Å². The fraction of sp³-hybridized carbons (Fsp3) is 0.500. The molecule has 5 nitrogen and oxygen atoms in total. The minimum atomic E-state index is -0.985. The first-order valence-electron chi connectivity index (χ1n) is 5.71. The lowest BCUT2D eigenvalue weighted by atomic mass is 10.1. The zero-order valence-electron chi connectivity index (χ0n) is 10.1. The lowest BCUT2D eigenvalue weighted by molar-refractivity contribution is -0.139. The van der Waals surface area contributed by atoms with Crippen LogP contribution in [0.3, 0.4) is 0 Å². The highest BCUT2D eigenvalue weighted by Gasteiger charge is 2.20. The number of aromatic nitrogens is 1. The Morgan fingerprint density at radius 2 is 2.24 bits per heavy atom. The summed E-state index contributed by atoms with van der Waals surface area (Å²) in [5, 5.41) is 11.5. The number of hydrogen-bond donors (Lipinski definition) is 2. The predicted octanol–water partition coefficient (Wildman–Crippen LogP) is 1.40. The first-order valence-corrected chi connectivity index (χ1v) is 5.71. The molecule has 0 saturated carbocycles. The highest BCUT2D eigenvalue weighted by atomic mass is 16.4. The molecule has 1 rings (SSSR count). The summed E-state index contributed by atoms with van der Waals surface area (Å²) in [6.07, 6.45) is 3.90. The van der Waals surface area contributed by atoms with Crippen LogP contribution in [0.5, 0.6) is 0 Å². The summed E-state index contributed by atoms with van der Waals surface area (Å²) >= 11 is 0. The van der Waals surface area contributed by atoms with Gasteiger partial charge in [-0.2, -0.15) is 0 Å². The summed E-state index contributed by atoms with van der Waals surface area (Å²) in [5.41, 5.74) is 0.466. The van der Waals surface area contributed by atoms with Crippen molar-refractivity contribution in [1.82, 2.24) is 9.88 Å². The molecular formula is C12H18N2O3. The summed E-state index contributed by atoms with van der Waals surface area (Å²) in [7, 11) is 1.75. The lowest BCUT2D eigenvalue weighted by Gasteiger charge is -2.14. The summed E-state index contributed by atoms with van der Waals surface area (Å²) in [4.78, 5) is 22.8. The predicted molar refractivity (Wildman–Crippen MR) is 63.8 cm³/mol. The number of nitrogens with zero attached hydrogens (tertiary/aromatic N) is 1. The number of aryl methyl sites for hydroxylation is 1. The maximum atomic E-state index is 11.8.